The van der Waals surface area contributed by atoms with Crippen molar-refractivity contribution in [3.05, 3.63) is 34.3 Å². The molecule has 2 aromatic rings. The van der Waals surface area contributed by atoms with Crippen LogP contribution in [0.1, 0.15) is 23.1 Å². The summed E-state index contributed by atoms with van der Waals surface area (Å²) in [4.78, 5) is 0. The first-order chi connectivity index (χ1) is 8.72. The SMILES string of the molecule is CCc1nnc(NCc2cc(C)ccc2OC)s1. The number of aromatic nitrogens is 2. The third-order valence-corrected chi connectivity index (χ3v) is 3.66. The van der Waals surface area contributed by atoms with Gasteiger partial charge in [0.15, 0.2) is 0 Å². The summed E-state index contributed by atoms with van der Waals surface area (Å²) in [5, 5.41) is 13.4. The zero-order valence-corrected chi connectivity index (χ0v) is 11.7. The predicted octanol–water partition coefficient (Wildman–Crippen LogP) is 3.03. The standard InChI is InChI=1S/C13H17N3OS/c1-4-12-15-16-13(18-12)14-8-10-7-9(2)5-6-11(10)17-3/h5-7H,4,8H2,1-3H3,(H,14,16). The molecular formula is C13H17N3OS. The molecule has 0 saturated carbocycles. The van der Waals surface area contributed by atoms with E-state index in [1.54, 1.807) is 18.4 Å². The van der Waals surface area contributed by atoms with Gasteiger partial charge in [0.2, 0.25) is 5.13 Å². The molecule has 0 bridgehead atoms. The van der Waals surface area contributed by atoms with Gasteiger partial charge in [-0.1, -0.05) is 36.0 Å². The Morgan fingerprint density at radius 2 is 2.17 bits per heavy atom. The minimum Gasteiger partial charge on any atom is -0.496 e. The average molecular weight is 263 g/mol. The number of methoxy groups -OCH3 is 1. The summed E-state index contributed by atoms with van der Waals surface area (Å²) in [6.07, 6.45) is 0.924. The van der Waals surface area contributed by atoms with Crippen LogP contribution in [0.15, 0.2) is 18.2 Å². The molecule has 0 aliphatic rings. The molecule has 1 aromatic heterocycles. The molecule has 0 fully saturated rings. The molecule has 0 amide bonds. The highest BCUT2D eigenvalue weighted by atomic mass is 32.1. The Bertz CT molecular complexity index is 525. The highest BCUT2D eigenvalue weighted by molar-refractivity contribution is 7.15. The van der Waals surface area contributed by atoms with E-state index in [0.717, 1.165) is 27.9 Å². The number of rotatable bonds is 5. The maximum atomic E-state index is 5.34. The lowest BCUT2D eigenvalue weighted by atomic mass is 10.1. The first kappa shape index (κ1) is 12.8. The maximum absolute atomic E-state index is 5.34. The monoisotopic (exact) mass is 263 g/mol. The number of nitrogens with one attached hydrogen (secondary N) is 1. The molecule has 0 aliphatic heterocycles. The average Bonchev–Trinajstić information content (AvgIpc) is 2.84. The highest BCUT2D eigenvalue weighted by Crippen LogP contribution is 2.22. The summed E-state index contributed by atoms with van der Waals surface area (Å²) >= 11 is 1.60. The van der Waals surface area contributed by atoms with Crippen molar-refractivity contribution in [2.45, 2.75) is 26.8 Å². The number of hydrogen-bond donors (Lipinski definition) is 1. The molecule has 0 spiro atoms. The molecule has 1 N–H and O–H groups in total. The summed E-state index contributed by atoms with van der Waals surface area (Å²) < 4.78 is 5.34. The summed E-state index contributed by atoms with van der Waals surface area (Å²) in [5.41, 5.74) is 2.35. The lowest BCUT2D eigenvalue weighted by molar-refractivity contribution is 0.410. The first-order valence-electron chi connectivity index (χ1n) is 5.92. The number of nitrogens with zero attached hydrogens (tertiary/aromatic N) is 2. The maximum Gasteiger partial charge on any atom is 0.205 e. The normalized spacial score (nSPS) is 10.4. The molecule has 0 aliphatic carbocycles. The Labute approximate surface area is 111 Å². The second kappa shape index (κ2) is 5.82. The van der Waals surface area contributed by atoms with Crippen LogP contribution in [0.2, 0.25) is 0 Å². The molecule has 4 nitrogen and oxygen atoms in total. The second-order valence-corrected chi connectivity index (χ2v) is 5.09. The molecule has 18 heavy (non-hydrogen) atoms. The zero-order chi connectivity index (χ0) is 13.0. The van der Waals surface area contributed by atoms with Crippen LogP contribution in [-0.4, -0.2) is 17.3 Å². The van der Waals surface area contributed by atoms with Crippen LogP contribution >= 0.6 is 11.3 Å². The van der Waals surface area contributed by atoms with E-state index < -0.39 is 0 Å². The van der Waals surface area contributed by atoms with Crippen molar-refractivity contribution in [2.75, 3.05) is 12.4 Å². The number of anilines is 1. The van der Waals surface area contributed by atoms with Crippen LogP contribution in [0, 0.1) is 6.92 Å². The van der Waals surface area contributed by atoms with Crippen LogP contribution in [0.4, 0.5) is 5.13 Å². The highest BCUT2D eigenvalue weighted by Gasteiger charge is 2.05. The minimum absolute atomic E-state index is 0.698. The van der Waals surface area contributed by atoms with E-state index in [1.807, 2.05) is 12.1 Å². The van der Waals surface area contributed by atoms with E-state index in [1.165, 1.54) is 5.56 Å². The van der Waals surface area contributed by atoms with E-state index in [2.05, 4.69) is 35.4 Å². The summed E-state index contributed by atoms with van der Waals surface area (Å²) in [6.45, 7) is 4.85. The minimum atomic E-state index is 0.698. The van der Waals surface area contributed by atoms with Gasteiger partial charge < -0.3 is 10.1 Å². The summed E-state index contributed by atoms with van der Waals surface area (Å²) in [5.74, 6) is 0.897. The van der Waals surface area contributed by atoms with E-state index in [-0.39, 0.29) is 0 Å². The number of aryl methyl sites for hydroxylation is 2. The van der Waals surface area contributed by atoms with E-state index in [4.69, 9.17) is 4.74 Å². The zero-order valence-electron chi connectivity index (χ0n) is 10.9. The molecule has 96 valence electrons. The number of hydrogen-bond acceptors (Lipinski definition) is 5. The van der Waals surface area contributed by atoms with Crippen LogP contribution in [0.5, 0.6) is 5.75 Å². The van der Waals surface area contributed by atoms with Gasteiger partial charge in [0, 0.05) is 12.1 Å². The lowest BCUT2D eigenvalue weighted by Crippen LogP contribution is -2.01. The van der Waals surface area contributed by atoms with Gasteiger partial charge in [-0.3, -0.25) is 0 Å². The van der Waals surface area contributed by atoms with Crippen LogP contribution < -0.4 is 10.1 Å². The third kappa shape index (κ3) is 2.98. The number of benzene rings is 1. The number of ether oxygens (including phenoxy) is 1. The van der Waals surface area contributed by atoms with Gasteiger partial charge in [-0.15, -0.1) is 10.2 Å². The molecule has 5 heteroatoms. The van der Waals surface area contributed by atoms with Crippen molar-refractivity contribution in [2.24, 2.45) is 0 Å². The van der Waals surface area contributed by atoms with E-state index >= 15 is 0 Å². The van der Waals surface area contributed by atoms with Gasteiger partial charge >= 0.3 is 0 Å². The first-order valence-corrected chi connectivity index (χ1v) is 6.74. The van der Waals surface area contributed by atoms with Gasteiger partial charge in [-0.25, -0.2) is 0 Å². The summed E-state index contributed by atoms with van der Waals surface area (Å²) in [6, 6.07) is 6.15. The Morgan fingerprint density at radius 1 is 1.33 bits per heavy atom. The smallest absolute Gasteiger partial charge is 0.205 e. The quantitative estimate of drug-likeness (QED) is 0.900. The Hall–Kier alpha value is -1.62. The van der Waals surface area contributed by atoms with Crippen molar-refractivity contribution in [1.82, 2.24) is 10.2 Å². The lowest BCUT2D eigenvalue weighted by Gasteiger charge is -2.09. The van der Waals surface area contributed by atoms with E-state index in [0.29, 0.717) is 6.54 Å². The van der Waals surface area contributed by atoms with Gasteiger partial charge in [0.05, 0.1) is 7.11 Å². The molecule has 0 radical (unpaired) electrons. The summed E-state index contributed by atoms with van der Waals surface area (Å²) in [7, 11) is 1.69. The predicted molar refractivity (Wildman–Crippen MR) is 74.3 cm³/mol. The fourth-order valence-electron chi connectivity index (χ4n) is 1.68. The van der Waals surface area contributed by atoms with Crippen molar-refractivity contribution < 1.29 is 4.74 Å². The van der Waals surface area contributed by atoms with E-state index in [9.17, 15) is 0 Å². The third-order valence-electron chi connectivity index (χ3n) is 2.64. The fraction of sp³-hybridized carbons (Fsp3) is 0.385. The van der Waals surface area contributed by atoms with Gasteiger partial charge in [-0.2, -0.15) is 0 Å². The Balaban J connectivity index is 2.07. The molecule has 0 unspecified atom stereocenters. The topological polar surface area (TPSA) is 47.0 Å². The largest absolute Gasteiger partial charge is 0.496 e. The van der Waals surface area contributed by atoms with Gasteiger partial charge in [0.1, 0.15) is 10.8 Å². The molecule has 0 atom stereocenters. The van der Waals surface area contributed by atoms with Crippen molar-refractivity contribution in [3.63, 3.8) is 0 Å². The molecule has 1 aromatic carbocycles. The van der Waals surface area contributed by atoms with Gasteiger partial charge in [0.25, 0.3) is 0 Å². The van der Waals surface area contributed by atoms with Crippen LogP contribution in [0.25, 0.3) is 0 Å². The van der Waals surface area contributed by atoms with Crippen LogP contribution in [0.3, 0.4) is 0 Å². The van der Waals surface area contributed by atoms with Gasteiger partial charge in [-0.05, 0) is 19.4 Å². The Morgan fingerprint density at radius 3 is 2.83 bits per heavy atom. The fourth-order valence-corrected chi connectivity index (χ4v) is 2.36. The molecule has 1 heterocycles. The molecular weight excluding hydrogens is 246 g/mol. The Kier molecular flexibility index (Phi) is 4.15. The molecule has 2 rings (SSSR count). The second-order valence-electron chi connectivity index (χ2n) is 4.02. The van der Waals surface area contributed by atoms with Crippen LogP contribution in [-0.2, 0) is 13.0 Å². The van der Waals surface area contributed by atoms with Crippen molar-refractivity contribution in [1.29, 1.82) is 0 Å². The van der Waals surface area contributed by atoms with Crippen molar-refractivity contribution >= 4 is 16.5 Å². The van der Waals surface area contributed by atoms with Crippen molar-refractivity contribution in [3.8, 4) is 5.75 Å². The molecule has 0 saturated heterocycles.